The number of benzene rings is 1. The standard InChI is InChI=1S/C15H14N4O3S/c1-16-12(20)9-23-15-19-18-13(22-15)8-21-11-6-2-4-10-5-3-7-17-14(10)11/h2-7H,8-9H2,1H3,(H,16,20). The van der Waals surface area contributed by atoms with E-state index in [0.717, 1.165) is 10.9 Å². The van der Waals surface area contributed by atoms with Crippen molar-refractivity contribution in [2.45, 2.75) is 11.8 Å². The monoisotopic (exact) mass is 330 g/mol. The maximum Gasteiger partial charge on any atom is 0.277 e. The molecule has 0 radical (unpaired) electrons. The lowest BCUT2D eigenvalue weighted by Gasteiger charge is -2.06. The Morgan fingerprint density at radius 2 is 2.17 bits per heavy atom. The molecule has 0 aliphatic rings. The molecule has 23 heavy (non-hydrogen) atoms. The molecule has 1 amide bonds. The number of amides is 1. The van der Waals surface area contributed by atoms with E-state index < -0.39 is 0 Å². The quantitative estimate of drug-likeness (QED) is 0.692. The van der Waals surface area contributed by atoms with E-state index in [-0.39, 0.29) is 18.3 Å². The number of fused-ring (bicyclic) bond motifs is 1. The topological polar surface area (TPSA) is 90.1 Å². The number of hydrogen-bond acceptors (Lipinski definition) is 7. The number of carbonyl (C=O) groups is 1. The molecular weight excluding hydrogens is 316 g/mol. The number of hydrogen-bond donors (Lipinski definition) is 1. The number of aromatic nitrogens is 3. The first kappa shape index (κ1) is 15.3. The molecule has 0 atom stereocenters. The Hall–Kier alpha value is -2.61. The Morgan fingerprint density at radius 3 is 3.04 bits per heavy atom. The van der Waals surface area contributed by atoms with Crippen LogP contribution in [0.4, 0.5) is 0 Å². The van der Waals surface area contributed by atoms with E-state index in [1.165, 1.54) is 11.8 Å². The van der Waals surface area contributed by atoms with Gasteiger partial charge in [-0.25, -0.2) is 0 Å². The van der Waals surface area contributed by atoms with E-state index in [1.807, 2.05) is 30.3 Å². The average molecular weight is 330 g/mol. The fourth-order valence-electron chi connectivity index (χ4n) is 1.89. The molecule has 118 valence electrons. The van der Waals surface area contributed by atoms with Crippen LogP contribution in [-0.4, -0.2) is 33.9 Å². The minimum atomic E-state index is -0.104. The number of thioether (sulfide) groups is 1. The third-order valence-corrected chi connectivity index (χ3v) is 3.82. The van der Waals surface area contributed by atoms with E-state index in [0.29, 0.717) is 16.9 Å². The van der Waals surface area contributed by atoms with Gasteiger partial charge in [0.15, 0.2) is 6.61 Å². The Labute approximate surface area is 136 Å². The lowest BCUT2D eigenvalue weighted by Crippen LogP contribution is -2.19. The summed E-state index contributed by atoms with van der Waals surface area (Å²) in [7, 11) is 1.58. The average Bonchev–Trinajstić information content (AvgIpc) is 3.05. The van der Waals surface area contributed by atoms with Gasteiger partial charge < -0.3 is 14.5 Å². The van der Waals surface area contributed by atoms with Crippen molar-refractivity contribution in [1.29, 1.82) is 0 Å². The first-order chi connectivity index (χ1) is 11.3. The van der Waals surface area contributed by atoms with Crippen molar-refractivity contribution in [2.24, 2.45) is 0 Å². The number of nitrogens with one attached hydrogen (secondary N) is 1. The summed E-state index contributed by atoms with van der Waals surface area (Å²) in [6, 6.07) is 9.55. The van der Waals surface area contributed by atoms with Gasteiger partial charge in [0.2, 0.25) is 5.91 Å². The molecule has 7 nitrogen and oxygen atoms in total. The number of para-hydroxylation sites is 1. The van der Waals surface area contributed by atoms with E-state index in [1.54, 1.807) is 13.2 Å². The first-order valence-electron chi connectivity index (χ1n) is 6.88. The lowest BCUT2D eigenvalue weighted by molar-refractivity contribution is -0.118. The van der Waals surface area contributed by atoms with Crippen molar-refractivity contribution in [1.82, 2.24) is 20.5 Å². The summed E-state index contributed by atoms with van der Waals surface area (Å²) in [5.74, 6) is 1.12. The lowest BCUT2D eigenvalue weighted by atomic mass is 10.2. The summed E-state index contributed by atoms with van der Waals surface area (Å²) >= 11 is 1.18. The number of nitrogens with zero attached hydrogens (tertiary/aromatic N) is 3. The highest BCUT2D eigenvalue weighted by molar-refractivity contribution is 7.99. The maximum atomic E-state index is 11.2. The third-order valence-electron chi connectivity index (χ3n) is 3.00. The fourth-order valence-corrected chi connectivity index (χ4v) is 2.54. The highest BCUT2D eigenvalue weighted by atomic mass is 32.2. The van der Waals surface area contributed by atoms with Gasteiger partial charge in [-0.1, -0.05) is 30.0 Å². The number of ether oxygens (including phenoxy) is 1. The van der Waals surface area contributed by atoms with Crippen molar-refractivity contribution in [2.75, 3.05) is 12.8 Å². The van der Waals surface area contributed by atoms with Crippen LogP contribution in [0.25, 0.3) is 10.9 Å². The molecule has 8 heteroatoms. The van der Waals surface area contributed by atoms with Gasteiger partial charge in [0.1, 0.15) is 11.3 Å². The van der Waals surface area contributed by atoms with Gasteiger partial charge in [-0.15, -0.1) is 10.2 Å². The smallest absolute Gasteiger partial charge is 0.277 e. The van der Waals surface area contributed by atoms with Gasteiger partial charge in [0, 0.05) is 18.6 Å². The largest absolute Gasteiger partial charge is 0.482 e. The molecule has 1 aromatic carbocycles. The van der Waals surface area contributed by atoms with Gasteiger partial charge in [-0.2, -0.15) is 0 Å². The molecule has 0 fully saturated rings. The second kappa shape index (κ2) is 7.10. The molecular formula is C15H14N4O3S. The van der Waals surface area contributed by atoms with Gasteiger partial charge in [-0.3, -0.25) is 9.78 Å². The third kappa shape index (κ3) is 3.78. The molecule has 3 aromatic rings. The molecule has 1 N–H and O–H groups in total. The van der Waals surface area contributed by atoms with Crippen molar-refractivity contribution in [3.63, 3.8) is 0 Å². The van der Waals surface area contributed by atoms with Crippen LogP contribution >= 0.6 is 11.8 Å². The second-order valence-corrected chi connectivity index (χ2v) is 5.47. The molecule has 0 saturated carbocycles. The minimum absolute atomic E-state index is 0.104. The molecule has 0 aliphatic carbocycles. The molecule has 3 rings (SSSR count). The van der Waals surface area contributed by atoms with Crippen LogP contribution in [0.3, 0.4) is 0 Å². The molecule has 0 aliphatic heterocycles. The number of pyridine rings is 1. The zero-order valence-corrected chi connectivity index (χ0v) is 13.2. The first-order valence-corrected chi connectivity index (χ1v) is 7.87. The summed E-state index contributed by atoms with van der Waals surface area (Å²) in [6.07, 6.45) is 1.72. The van der Waals surface area contributed by atoms with Crippen LogP contribution in [0.2, 0.25) is 0 Å². The summed E-state index contributed by atoms with van der Waals surface area (Å²) in [4.78, 5) is 15.5. The van der Waals surface area contributed by atoms with E-state index in [4.69, 9.17) is 9.15 Å². The molecule has 2 aromatic heterocycles. The van der Waals surface area contributed by atoms with Crippen LogP contribution in [-0.2, 0) is 11.4 Å². The number of carbonyl (C=O) groups excluding carboxylic acids is 1. The zero-order chi connectivity index (χ0) is 16.1. The predicted molar refractivity (Wildman–Crippen MR) is 85.2 cm³/mol. The van der Waals surface area contributed by atoms with Gasteiger partial charge in [0.25, 0.3) is 11.1 Å². The molecule has 0 unspecified atom stereocenters. The normalized spacial score (nSPS) is 10.7. The van der Waals surface area contributed by atoms with Crippen molar-refractivity contribution >= 4 is 28.6 Å². The zero-order valence-electron chi connectivity index (χ0n) is 12.4. The van der Waals surface area contributed by atoms with Crippen LogP contribution in [0.5, 0.6) is 5.75 Å². The van der Waals surface area contributed by atoms with Crippen molar-refractivity contribution in [3.8, 4) is 5.75 Å². The van der Waals surface area contributed by atoms with Crippen molar-refractivity contribution in [3.05, 3.63) is 42.4 Å². The Morgan fingerprint density at radius 1 is 1.30 bits per heavy atom. The molecule has 0 spiro atoms. The fraction of sp³-hybridized carbons (Fsp3) is 0.200. The maximum absolute atomic E-state index is 11.2. The minimum Gasteiger partial charge on any atom is -0.482 e. The van der Waals surface area contributed by atoms with E-state index in [2.05, 4.69) is 20.5 Å². The van der Waals surface area contributed by atoms with Gasteiger partial charge in [-0.05, 0) is 12.1 Å². The highest BCUT2D eigenvalue weighted by Gasteiger charge is 2.10. The van der Waals surface area contributed by atoms with Crippen LogP contribution in [0.15, 0.2) is 46.2 Å². The van der Waals surface area contributed by atoms with Gasteiger partial charge in [0.05, 0.1) is 5.75 Å². The van der Waals surface area contributed by atoms with E-state index in [9.17, 15) is 4.79 Å². The molecule has 0 saturated heterocycles. The van der Waals surface area contributed by atoms with Gasteiger partial charge >= 0.3 is 0 Å². The number of rotatable bonds is 6. The SMILES string of the molecule is CNC(=O)CSc1nnc(COc2cccc3cccnc23)o1. The Balaban J connectivity index is 1.64. The predicted octanol–water partition coefficient (Wildman–Crippen LogP) is 2.03. The summed E-state index contributed by atoms with van der Waals surface area (Å²) in [5.41, 5.74) is 0.781. The van der Waals surface area contributed by atoms with Crippen molar-refractivity contribution < 1.29 is 13.9 Å². The molecule has 0 bridgehead atoms. The summed E-state index contributed by atoms with van der Waals surface area (Å²) in [6.45, 7) is 0.142. The molecule has 2 heterocycles. The summed E-state index contributed by atoms with van der Waals surface area (Å²) < 4.78 is 11.1. The van der Waals surface area contributed by atoms with Crippen LogP contribution in [0.1, 0.15) is 5.89 Å². The Kier molecular flexibility index (Phi) is 4.72. The summed E-state index contributed by atoms with van der Waals surface area (Å²) in [5, 5.41) is 11.6. The van der Waals surface area contributed by atoms with E-state index >= 15 is 0 Å². The Bertz CT molecular complexity index is 816. The van der Waals surface area contributed by atoms with Crippen LogP contribution < -0.4 is 10.1 Å². The second-order valence-electron chi connectivity index (χ2n) is 4.54. The highest BCUT2D eigenvalue weighted by Crippen LogP contribution is 2.24. The van der Waals surface area contributed by atoms with Crippen LogP contribution in [0, 0.1) is 0 Å².